The molecule has 0 saturated carbocycles. The molecular formula is C12H25N3O. The minimum absolute atomic E-state index is 0.0138. The van der Waals surface area contributed by atoms with E-state index in [1.165, 1.54) is 0 Å². The lowest BCUT2D eigenvalue weighted by molar-refractivity contribution is -0.00561. The van der Waals surface area contributed by atoms with Gasteiger partial charge in [-0.15, -0.1) is 0 Å². The highest BCUT2D eigenvalue weighted by atomic mass is 16.3. The molecular weight excluding hydrogens is 202 g/mol. The minimum atomic E-state index is 0.0138. The Hall–Kier alpha value is -1.16. The molecule has 1 heterocycles. The lowest BCUT2D eigenvalue weighted by Crippen LogP contribution is -2.56. The van der Waals surface area contributed by atoms with Crippen molar-refractivity contribution in [1.29, 1.82) is 0 Å². The van der Waals surface area contributed by atoms with Gasteiger partial charge in [0.05, 0.1) is 12.4 Å². The van der Waals surface area contributed by atoms with Crippen molar-refractivity contribution in [3.05, 3.63) is 23.7 Å². The van der Waals surface area contributed by atoms with E-state index in [4.69, 9.17) is 16.6 Å². The highest BCUT2D eigenvalue weighted by Crippen LogP contribution is 2.30. The van der Waals surface area contributed by atoms with Crippen LogP contribution in [0.1, 0.15) is 27.7 Å². The molecule has 1 saturated heterocycles. The molecule has 1 aliphatic rings. The zero-order valence-corrected chi connectivity index (χ0v) is 10.8. The standard InChI is InChI=1S/C10H19N3O.C2H6/c1-8(11)3-4-9(12)13-5-10(2,6-13)7-14;1-2/h3-4,14H,5-7,11-12H2,1-2H3;1-2H3/b8-3-,9-4+;. The predicted octanol–water partition coefficient (Wildman–Crippen LogP) is 0.989. The first-order valence-electron chi connectivity index (χ1n) is 5.72. The van der Waals surface area contributed by atoms with Crippen molar-refractivity contribution >= 4 is 0 Å². The van der Waals surface area contributed by atoms with E-state index < -0.39 is 0 Å². The summed E-state index contributed by atoms with van der Waals surface area (Å²) in [6, 6.07) is 0. The third kappa shape index (κ3) is 4.14. The van der Waals surface area contributed by atoms with Crippen molar-refractivity contribution in [3.63, 3.8) is 0 Å². The number of nitrogens with two attached hydrogens (primary N) is 2. The molecule has 0 unspecified atom stereocenters. The van der Waals surface area contributed by atoms with E-state index in [-0.39, 0.29) is 12.0 Å². The highest BCUT2D eigenvalue weighted by Gasteiger charge is 2.38. The molecule has 5 N–H and O–H groups in total. The molecule has 4 heteroatoms. The van der Waals surface area contributed by atoms with Gasteiger partial charge in [-0.2, -0.15) is 0 Å². The molecule has 4 nitrogen and oxygen atoms in total. The van der Waals surface area contributed by atoms with Gasteiger partial charge in [0.2, 0.25) is 0 Å². The van der Waals surface area contributed by atoms with Gasteiger partial charge in [0.1, 0.15) is 0 Å². The van der Waals surface area contributed by atoms with Crippen LogP contribution in [-0.2, 0) is 0 Å². The summed E-state index contributed by atoms with van der Waals surface area (Å²) in [5.41, 5.74) is 12.0. The number of rotatable bonds is 3. The monoisotopic (exact) mass is 227 g/mol. The number of aliphatic hydroxyl groups is 1. The van der Waals surface area contributed by atoms with Crippen molar-refractivity contribution in [2.24, 2.45) is 16.9 Å². The average Bonchev–Trinajstić information content (AvgIpc) is 2.24. The Balaban J connectivity index is 0.00000106. The molecule has 0 spiro atoms. The van der Waals surface area contributed by atoms with Gasteiger partial charge in [-0.1, -0.05) is 20.8 Å². The summed E-state index contributed by atoms with van der Waals surface area (Å²) >= 11 is 0. The highest BCUT2D eigenvalue weighted by molar-refractivity contribution is 5.15. The van der Waals surface area contributed by atoms with Gasteiger partial charge in [0.25, 0.3) is 0 Å². The smallest absolute Gasteiger partial charge is 0.0987 e. The first kappa shape index (κ1) is 14.8. The Morgan fingerprint density at radius 1 is 1.31 bits per heavy atom. The van der Waals surface area contributed by atoms with Crippen LogP contribution in [0.15, 0.2) is 23.7 Å². The van der Waals surface area contributed by atoms with Crippen LogP contribution in [0.3, 0.4) is 0 Å². The van der Waals surface area contributed by atoms with Crippen LogP contribution >= 0.6 is 0 Å². The molecule has 0 aromatic carbocycles. The van der Waals surface area contributed by atoms with Crippen LogP contribution in [0.2, 0.25) is 0 Å². The maximum Gasteiger partial charge on any atom is 0.0987 e. The number of hydrogen-bond acceptors (Lipinski definition) is 4. The van der Waals surface area contributed by atoms with Crippen molar-refractivity contribution < 1.29 is 5.11 Å². The second-order valence-electron chi connectivity index (χ2n) is 4.33. The molecule has 94 valence electrons. The van der Waals surface area contributed by atoms with Crippen LogP contribution in [0.4, 0.5) is 0 Å². The van der Waals surface area contributed by atoms with Crippen LogP contribution in [0.25, 0.3) is 0 Å². The van der Waals surface area contributed by atoms with Crippen molar-refractivity contribution in [2.75, 3.05) is 19.7 Å². The fraction of sp³-hybridized carbons (Fsp3) is 0.667. The maximum atomic E-state index is 9.04. The van der Waals surface area contributed by atoms with Gasteiger partial charge in [-0.25, -0.2) is 0 Å². The zero-order chi connectivity index (χ0) is 12.8. The van der Waals surface area contributed by atoms with E-state index in [1.807, 2.05) is 32.6 Å². The molecule has 1 rings (SSSR count). The molecule has 0 aromatic heterocycles. The fourth-order valence-corrected chi connectivity index (χ4v) is 1.48. The van der Waals surface area contributed by atoms with Crippen molar-refractivity contribution in [3.8, 4) is 0 Å². The summed E-state index contributed by atoms with van der Waals surface area (Å²) in [4.78, 5) is 2.02. The van der Waals surface area contributed by atoms with Crippen LogP contribution in [-0.4, -0.2) is 29.7 Å². The summed E-state index contributed by atoms with van der Waals surface area (Å²) in [5, 5.41) is 9.04. The van der Waals surface area contributed by atoms with Crippen LogP contribution in [0.5, 0.6) is 0 Å². The topological polar surface area (TPSA) is 75.5 Å². The van der Waals surface area contributed by atoms with E-state index in [1.54, 1.807) is 12.2 Å². The minimum Gasteiger partial charge on any atom is -0.402 e. The molecule has 0 atom stereocenters. The van der Waals surface area contributed by atoms with E-state index in [0.717, 1.165) is 18.8 Å². The largest absolute Gasteiger partial charge is 0.402 e. The van der Waals surface area contributed by atoms with Gasteiger partial charge >= 0.3 is 0 Å². The predicted molar refractivity (Wildman–Crippen MR) is 68.3 cm³/mol. The number of aliphatic hydroxyl groups excluding tert-OH is 1. The number of allylic oxidation sites excluding steroid dienone is 3. The lowest BCUT2D eigenvalue weighted by atomic mass is 9.83. The quantitative estimate of drug-likeness (QED) is 0.628. The molecule has 0 radical (unpaired) electrons. The number of hydrogen-bond donors (Lipinski definition) is 3. The van der Waals surface area contributed by atoms with Crippen molar-refractivity contribution in [1.82, 2.24) is 4.90 Å². The first-order chi connectivity index (χ1) is 7.47. The number of nitrogens with zero attached hydrogens (tertiary/aromatic N) is 1. The summed E-state index contributed by atoms with van der Waals surface area (Å²) in [7, 11) is 0. The fourth-order valence-electron chi connectivity index (χ4n) is 1.48. The van der Waals surface area contributed by atoms with Gasteiger partial charge in [0, 0.05) is 24.2 Å². The Bertz CT molecular complexity index is 261. The molecule has 0 amide bonds. The molecule has 0 bridgehead atoms. The Morgan fingerprint density at radius 2 is 1.81 bits per heavy atom. The van der Waals surface area contributed by atoms with E-state index in [2.05, 4.69) is 0 Å². The number of likely N-dealkylation sites (tertiary alicyclic amines) is 1. The third-order valence-corrected chi connectivity index (χ3v) is 2.41. The Labute approximate surface area is 98.6 Å². The van der Waals surface area contributed by atoms with E-state index in [0.29, 0.717) is 5.82 Å². The average molecular weight is 227 g/mol. The van der Waals surface area contributed by atoms with Gasteiger partial charge in [-0.05, 0) is 19.1 Å². The summed E-state index contributed by atoms with van der Waals surface area (Å²) in [5.74, 6) is 0.709. The van der Waals surface area contributed by atoms with Crippen molar-refractivity contribution in [2.45, 2.75) is 27.7 Å². The van der Waals surface area contributed by atoms with E-state index in [9.17, 15) is 0 Å². The SMILES string of the molecule is C/C(N)=C/C=C(\N)N1CC(C)(CO)C1.CC. The Kier molecular flexibility index (Phi) is 5.96. The molecule has 1 aliphatic heterocycles. The molecule has 16 heavy (non-hydrogen) atoms. The molecule has 0 aromatic rings. The van der Waals surface area contributed by atoms with Gasteiger partial charge in [-0.3, -0.25) is 0 Å². The Morgan fingerprint density at radius 3 is 2.19 bits per heavy atom. The normalized spacial score (nSPS) is 19.7. The molecule has 1 fully saturated rings. The zero-order valence-electron chi connectivity index (χ0n) is 10.8. The van der Waals surface area contributed by atoms with E-state index >= 15 is 0 Å². The second kappa shape index (κ2) is 6.43. The second-order valence-corrected chi connectivity index (χ2v) is 4.33. The van der Waals surface area contributed by atoms with Gasteiger partial charge in [0.15, 0.2) is 0 Å². The third-order valence-electron chi connectivity index (χ3n) is 2.41. The first-order valence-corrected chi connectivity index (χ1v) is 5.72. The maximum absolute atomic E-state index is 9.04. The summed E-state index contributed by atoms with van der Waals surface area (Å²) in [6.45, 7) is 9.69. The van der Waals surface area contributed by atoms with Crippen LogP contribution < -0.4 is 11.5 Å². The summed E-state index contributed by atoms with van der Waals surface area (Å²) in [6.07, 6.45) is 3.58. The molecule has 0 aliphatic carbocycles. The van der Waals surface area contributed by atoms with Crippen LogP contribution in [0, 0.1) is 5.41 Å². The lowest BCUT2D eigenvalue weighted by Gasteiger charge is -2.48. The summed E-state index contributed by atoms with van der Waals surface area (Å²) < 4.78 is 0. The van der Waals surface area contributed by atoms with Gasteiger partial charge < -0.3 is 21.5 Å².